The fraction of sp³-hybridized carbons (Fsp3) is 0.600. The van der Waals surface area contributed by atoms with Crippen LogP contribution in [0.5, 0.6) is 5.75 Å². The van der Waals surface area contributed by atoms with Gasteiger partial charge in [0.15, 0.2) is 0 Å². The fourth-order valence-corrected chi connectivity index (χ4v) is 3.29. The van der Waals surface area contributed by atoms with Crippen LogP contribution in [0.15, 0.2) is 24.3 Å². The van der Waals surface area contributed by atoms with E-state index in [2.05, 4.69) is 6.92 Å². The van der Waals surface area contributed by atoms with Crippen molar-refractivity contribution in [3.8, 4) is 5.75 Å². The fourth-order valence-electron chi connectivity index (χ4n) is 3.29. The van der Waals surface area contributed by atoms with Gasteiger partial charge in [-0.15, -0.1) is 0 Å². The van der Waals surface area contributed by atoms with E-state index in [-0.39, 0.29) is 18.4 Å². The van der Waals surface area contributed by atoms with Gasteiger partial charge in [0.05, 0.1) is 6.61 Å². The summed E-state index contributed by atoms with van der Waals surface area (Å²) in [6.07, 6.45) is 5.86. The van der Waals surface area contributed by atoms with Gasteiger partial charge in [0.25, 0.3) is 0 Å². The number of rotatable bonds is 9. The van der Waals surface area contributed by atoms with Crippen molar-refractivity contribution in [1.82, 2.24) is 4.90 Å². The number of ether oxygens (including phenoxy) is 1. The van der Waals surface area contributed by atoms with Crippen LogP contribution in [0.3, 0.4) is 0 Å². The number of piperidine rings is 1. The number of aryl methyl sites for hydroxylation is 1. The standard InChI is InChI=1S/C20H29NO4/c1-2-15-25-18-10-6-16(7-11-18)8-12-19(22)21-14-4-3-5-17(21)9-13-20(23)24/h6-7,10-11,17H,2-5,8-9,12-15H2,1H3,(H,23,24). The van der Waals surface area contributed by atoms with Gasteiger partial charge in [-0.3, -0.25) is 9.59 Å². The highest BCUT2D eigenvalue weighted by molar-refractivity contribution is 5.77. The summed E-state index contributed by atoms with van der Waals surface area (Å²) in [5, 5.41) is 8.88. The molecule has 0 saturated carbocycles. The lowest BCUT2D eigenvalue weighted by molar-refractivity contribution is -0.140. The maximum Gasteiger partial charge on any atom is 0.303 e. The molecule has 1 aliphatic rings. The monoisotopic (exact) mass is 347 g/mol. The van der Waals surface area contributed by atoms with Gasteiger partial charge >= 0.3 is 5.97 Å². The first-order chi connectivity index (χ1) is 12.1. The van der Waals surface area contributed by atoms with Gasteiger partial charge in [0.2, 0.25) is 5.91 Å². The number of carbonyl (C=O) groups excluding carboxylic acids is 1. The van der Waals surface area contributed by atoms with E-state index in [4.69, 9.17) is 9.84 Å². The van der Waals surface area contributed by atoms with Crippen molar-refractivity contribution in [1.29, 1.82) is 0 Å². The van der Waals surface area contributed by atoms with E-state index in [1.807, 2.05) is 29.2 Å². The quantitative estimate of drug-likeness (QED) is 0.740. The molecule has 1 heterocycles. The Bertz CT molecular complexity index is 555. The van der Waals surface area contributed by atoms with Crippen molar-refractivity contribution in [2.75, 3.05) is 13.2 Å². The molecule has 1 N–H and O–H groups in total. The highest BCUT2D eigenvalue weighted by atomic mass is 16.5. The van der Waals surface area contributed by atoms with E-state index in [0.717, 1.165) is 43.5 Å². The maximum atomic E-state index is 12.6. The van der Waals surface area contributed by atoms with Gasteiger partial charge in [-0.1, -0.05) is 19.1 Å². The number of hydrogen-bond acceptors (Lipinski definition) is 3. The summed E-state index contributed by atoms with van der Waals surface area (Å²) < 4.78 is 5.57. The Morgan fingerprint density at radius 3 is 2.64 bits per heavy atom. The van der Waals surface area contributed by atoms with Crippen LogP contribution in [-0.4, -0.2) is 41.1 Å². The molecule has 1 unspecified atom stereocenters. The van der Waals surface area contributed by atoms with Crippen molar-refractivity contribution in [2.45, 2.75) is 64.3 Å². The molecule has 1 fully saturated rings. The zero-order valence-corrected chi connectivity index (χ0v) is 15.1. The Hall–Kier alpha value is -2.04. The molecular formula is C20H29NO4. The first-order valence-electron chi connectivity index (χ1n) is 9.33. The molecule has 1 aromatic carbocycles. The predicted molar refractivity (Wildman–Crippen MR) is 96.8 cm³/mol. The highest BCUT2D eigenvalue weighted by Crippen LogP contribution is 2.22. The largest absolute Gasteiger partial charge is 0.494 e. The summed E-state index contributed by atoms with van der Waals surface area (Å²) in [7, 11) is 0. The topological polar surface area (TPSA) is 66.8 Å². The van der Waals surface area contributed by atoms with Gasteiger partial charge in [-0.2, -0.15) is 0 Å². The number of carbonyl (C=O) groups is 2. The smallest absolute Gasteiger partial charge is 0.303 e. The van der Waals surface area contributed by atoms with E-state index in [0.29, 0.717) is 25.9 Å². The molecule has 0 aliphatic carbocycles. The Morgan fingerprint density at radius 2 is 1.96 bits per heavy atom. The van der Waals surface area contributed by atoms with E-state index in [1.165, 1.54) is 0 Å². The van der Waals surface area contributed by atoms with Crippen molar-refractivity contribution in [3.63, 3.8) is 0 Å². The van der Waals surface area contributed by atoms with Crippen molar-refractivity contribution in [3.05, 3.63) is 29.8 Å². The lowest BCUT2D eigenvalue weighted by atomic mass is 9.97. The molecule has 0 bridgehead atoms. The van der Waals surface area contributed by atoms with Crippen LogP contribution in [0, 0.1) is 0 Å². The molecule has 1 saturated heterocycles. The van der Waals surface area contributed by atoms with Gasteiger partial charge in [-0.05, 0) is 56.2 Å². The Kier molecular flexibility index (Phi) is 7.76. The first kappa shape index (κ1) is 19.3. The van der Waals surface area contributed by atoms with Gasteiger partial charge in [-0.25, -0.2) is 0 Å². The zero-order chi connectivity index (χ0) is 18.1. The molecule has 0 spiro atoms. The third-order valence-corrected chi connectivity index (χ3v) is 4.66. The number of carboxylic acids is 1. The molecule has 1 atom stereocenters. The van der Waals surface area contributed by atoms with Crippen LogP contribution in [-0.2, 0) is 16.0 Å². The van der Waals surface area contributed by atoms with Crippen molar-refractivity contribution >= 4 is 11.9 Å². The normalized spacial score (nSPS) is 17.3. The van der Waals surface area contributed by atoms with Crippen LogP contribution in [0.2, 0.25) is 0 Å². The summed E-state index contributed by atoms with van der Waals surface area (Å²) in [5.41, 5.74) is 1.12. The van der Waals surface area contributed by atoms with Crippen LogP contribution < -0.4 is 4.74 Å². The average Bonchev–Trinajstić information content (AvgIpc) is 2.63. The SMILES string of the molecule is CCCOc1ccc(CCC(=O)N2CCCCC2CCC(=O)O)cc1. The average molecular weight is 347 g/mol. The molecule has 1 aromatic rings. The lowest BCUT2D eigenvalue weighted by Crippen LogP contribution is -2.44. The number of likely N-dealkylation sites (tertiary alicyclic amines) is 1. The third kappa shape index (κ3) is 6.40. The van der Waals surface area contributed by atoms with Gasteiger partial charge in [0, 0.05) is 25.4 Å². The van der Waals surface area contributed by atoms with Gasteiger partial charge < -0.3 is 14.7 Å². The molecule has 2 rings (SSSR count). The molecule has 5 nitrogen and oxygen atoms in total. The second-order valence-corrected chi connectivity index (χ2v) is 6.66. The molecule has 138 valence electrons. The summed E-state index contributed by atoms with van der Waals surface area (Å²) >= 11 is 0. The van der Waals surface area contributed by atoms with E-state index < -0.39 is 5.97 Å². The first-order valence-corrected chi connectivity index (χ1v) is 9.33. The highest BCUT2D eigenvalue weighted by Gasteiger charge is 2.26. The third-order valence-electron chi connectivity index (χ3n) is 4.66. The summed E-state index contributed by atoms with van der Waals surface area (Å²) in [6, 6.07) is 8.01. The van der Waals surface area contributed by atoms with E-state index in [1.54, 1.807) is 0 Å². The van der Waals surface area contributed by atoms with Crippen LogP contribution in [0.1, 0.15) is 57.4 Å². The number of hydrogen-bond donors (Lipinski definition) is 1. The van der Waals surface area contributed by atoms with Crippen LogP contribution >= 0.6 is 0 Å². The second-order valence-electron chi connectivity index (χ2n) is 6.66. The minimum Gasteiger partial charge on any atom is -0.494 e. The van der Waals surface area contributed by atoms with Crippen LogP contribution in [0.25, 0.3) is 0 Å². The molecule has 1 aliphatic heterocycles. The second kappa shape index (κ2) is 10.1. The van der Waals surface area contributed by atoms with Crippen molar-refractivity contribution in [2.24, 2.45) is 0 Å². The Labute approximate surface area is 150 Å². The summed E-state index contributed by atoms with van der Waals surface area (Å²) in [6.45, 7) is 3.54. The van der Waals surface area contributed by atoms with E-state index >= 15 is 0 Å². The number of amides is 1. The molecule has 5 heteroatoms. The molecule has 0 aromatic heterocycles. The van der Waals surface area contributed by atoms with Crippen LogP contribution in [0.4, 0.5) is 0 Å². The number of benzene rings is 1. The lowest BCUT2D eigenvalue weighted by Gasteiger charge is -2.35. The molecule has 1 amide bonds. The summed E-state index contributed by atoms with van der Waals surface area (Å²) in [5.74, 6) is 0.214. The Morgan fingerprint density at radius 1 is 1.20 bits per heavy atom. The zero-order valence-electron chi connectivity index (χ0n) is 15.1. The minimum atomic E-state index is -0.789. The maximum absolute atomic E-state index is 12.6. The number of carboxylic acid groups (broad SMARTS) is 1. The van der Waals surface area contributed by atoms with Gasteiger partial charge in [0.1, 0.15) is 5.75 Å². The predicted octanol–water partition coefficient (Wildman–Crippen LogP) is 3.65. The molecular weight excluding hydrogens is 318 g/mol. The Balaban J connectivity index is 1.84. The summed E-state index contributed by atoms with van der Waals surface area (Å²) in [4.78, 5) is 25.3. The molecule has 25 heavy (non-hydrogen) atoms. The number of nitrogens with zero attached hydrogens (tertiary/aromatic N) is 1. The molecule has 0 radical (unpaired) electrons. The van der Waals surface area contributed by atoms with Crippen molar-refractivity contribution < 1.29 is 19.4 Å². The number of aliphatic carboxylic acids is 1. The van der Waals surface area contributed by atoms with E-state index in [9.17, 15) is 9.59 Å². The minimum absolute atomic E-state index is 0.0853.